The van der Waals surface area contributed by atoms with Gasteiger partial charge in [-0.2, -0.15) is 0 Å². The minimum absolute atomic E-state index is 0.277. The van der Waals surface area contributed by atoms with Crippen LogP contribution in [0.2, 0.25) is 0 Å². The predicted octanol–water partition coefficient (Wildman–Crippen LogP) is 4.27. The summed E-state index contributed by atoms with van der Waals surface area (Å²) in [6, 6.07) is 5.95. The minimum atomic E-state index is -0.497. The molecular weight excluding hydrogens is 372 g/mol. The number of hydrogen-bond donors (Lipinski definition) is 1. The van der Waals surface area contributed by atoms with Gasteiger partial charge in [-0.1, -0.05) is 6.07 Å². The highest BCUT2D eigenvalue weighted by Gasteiger charge is 2.25. The Morgan fingerprint density at radius 2 is 1.72 bits per heavy atom. The fourth-order valence-corrected chi connectivity index (χ4v) is 2.87. The Morgan fingerprint density at radius 3 is 2.38 bits per heavy atom. The van der Waals surface area contributed by atoms with Crippen molar-refractivity contribution in [2.24, 2.45) is 0 Å². The molecule has 0 aliphatic carbocycles. The Kier molecular flexibility index (Phi) is 7.38. The number of carbonyl (C=O) groups is 2. The van der Waals surface area contributed by atoms with Crippen molar-refractivity contribution >= 4 is 12.2 Å². The fourth-order valence-electron chi connectivity index (χ4n) is 2.87. The average molecular weight is 407 g/mol. The molecule has 1 aliphatic rings. The van der Waals surface area contributed by atoms with Gasteiger partial charge in [0, 0.05) is 19.6 Å². The fraction of sp³-hybridized carbons (Fsp3) is 0.636. The van der Waals surface area contributed by atoms with Crippen LogP contribution >= 0.6 is 0 Å². The number of ether oxygens (including phenoxy) is 3. The van der Waals surface area contributed by atoms with Crippen molar-refractivity contribution in [3.8, 4) is 5.75 Å². The first kappa shape index (κ1) is 22.8. The van der Waals surface area contributed by atoms with Crippen LogP contribution in [0.5, 0.6) is 5.75 Å². The van der Waals surface area contributed by atoms with Crippen molar-refractivity contribution in [3.63, 3.8) is 0 Å². The summed E-state index contributed by atoms with van der Waals surface area (Å²) in [5.74, 6) is 0.798. The van der Waals surface area contributed by atoms with Crippen LogP contribution in [0.1, 0.15) is 59.1 Å². The first-order valence-electron chi connectivity index (χ1n) is 10.1. The summed E-state index contributed by atoms with van der Waals surface area (Å²) in [4.78, 5) is 25.6. The molecule has 162 valence electrons. The monoisotopic (exact) mass is 406 g/mol. The van der Waals surface area contributed by atoms with Gasteiger partial charge in [-0.15, -0.1) is 0 Å². The zero-order valence-electron chi connectivity index (χ0n) is 18.5. The average Bonchev–Trinajstić information content (AvgIpc) is 2.58. The molecule has 0 bridgehead atoms. The highest BCUT2D eigenvalue weighted by molar-refractivity contribution is 5.69. The van der Waals surface area contributed by atoms with Crippen molar-refractivity contribution in [1.29, 1.82) is 0 Å². The van der Waals surface area contributed by atoms with Crippen LogP contribution in [-0.4, -0.2) is 48.0 Å². The maximum atomic E-state index is 12.3. The van der Waals surface area contributed by atoms with Crippen LogP contribution < -0.4 is 10.1 Å². The second-order valence-corrected chi connectivity index (χ2v) is 9.21. The lowest BCUT2D eigenvalue weighted by Gasteiger charge is -2.31. The molecule has 1 heterocycles. The molecule has 0 unspecified atom stereocenters. The minimum Gasteiger partial charge on any atom is -0.494 e. The zero-order chi connectivity index (χ0) is 21.7. The molecule has 29 heavy (non-hydrogen) atoms. The van der Waals surface area contributed by atoms with E-state index in [9.17, 15) is 9.59 Å². The Balaban J connectivity index is 1.76. The molecular formula is C22H34N2O5. The standard InChI is InChI=1S/C22H34N2O5/c1-21(2,3)28-19(25)23-11-7-13-27-18-9-8-17-15-24(12-10-16(17)14-18)20(26)29-22(4,5)6/h8-9,14H,7,10-13,15H2,1-6H3,(H,23,25). The van der Waals surface area contributed by atoms with E-state index in [0.717, 1.165) is 17.7 Å². The Morgan fingerprint density at radius 1 is 1.03 bits per heavy atom. The number of nitrogens with one attached hydrogen (secondary N) is 1. The highest BCUT2D eigenvalue weighted by Crippen LogP contribution is 2.25. The van der Waals surface area contributed by atoms with Gasteiger partial charge in [0.05, 0.1) is 6.61 Å². The maximum absolute atomic E-state index is 12.3. The van der Waals surface area contributed by atoms with Gasteiger partial charge in [0.2, 0.25) is 0 Å². The molecule has 1 aromatic carbocycles. The molecule has 1 N–H and O–H groups in total. The molecule has 1 aliphatic heterocycles. The van der Waals surface area contributed by atoms with E-state index in [2.05, 4.69) is 5.32 Å². The van der Waals surface area contributed by atoms with Crippen LogP contribution in [-0.2, 0) is 22.4 Å². The van der Waals surface area contributed by atoms with Crippen LogP contribution in [0.4, 0.5) is 9.59 Å². The Hall–Kier alpha value is -2.44. The number of hydrogen-bond acceptors (Lipinski definition) is 5. The molecule has 7 nitrogen and oxygen atoms in total. The summed E-state index contributed by atoms with van der Waals surface area (Å²) in [5.41, 5.74) is 1.31. The summed E-state index contributed by atoms with van der Waals surface area (Å²) in [7, 11) is 0. The SMILES string of the molecule is CC(C)(C)OC(=O)NCCCOc1ccc2c(c1)CCN(C(=O)OC(C)(C)C)C2. The smallest absolute Gasteiger partial charge is 0.410 e. The van der Waals surface area contributed by atoms with E-state index in [1.54, 1.807) is 4.90 Å². The molecule has 0 fully saturated rings. The zero-order valence-corrected chi connectivity index (χ0v) is 18.5. The lowest BCUT2D eigenvalue weighted by Crippen LogP contribution is -2.39. The van der Waals surface area contributed by atoms with Gasteiger partial charge in [-0.3, -0.25) is 0 Å². The van der Waals surface area contributed by atoms with Gasteiger partial charge < -0.3 is 24.4 Å². The molecule has 7 heteroatoms. The number of nitrogens with zero attached hydrogens (tertiary/aromatic N) is 1. The number of carbonyl (C=O) groups excluding carboxylic acids is 2. The van der Waals surface area contributed by atoms with E-state index in [-0.39, 0.29) is 6.09 Å². The Labute approximate surface area is 173 Å². The van der Waals surface area contributed by atoms with Crippen molar-refractivity contribution in [2.45, 2.75) is 72.1 Å². The maximum Gasteiger partial charge on any atom is 0.410 e. The van der Waals surface area contributed by atoms with Gasteiger partial charge in [-0.25, -0.2) is 9.59 Å². The second-order valence-electron chi connectivity index (χ2n) is 9.21. The largest absolute Gasteiger partial charge is 0.494 e. The van der Waals surface area contributed by atoms with Crippen molar-refractivity contribution in [3.05, 3.63) is 29.3 Å². The number of benzene rings is 1. The molecule has 0 saturated carbocycles. The molecule has 0 aromatic heterocycles. The van der Waals surface area contributed by atoms with Crippen LogP contribution in [0.3, 0.4) is 0 Å². The molecule has 2 amide bonds. The van der Waals surface area contributed by atoms with Crippen molar-refractivity contribution in [1.82, 2.24) is 10.2 Å². The normalized spacial score (nSPS) is 14.1. The van der Waals surface area contributed by atoms with Crippen LogP contribution in [0.25, 0.3) is 0 Å². The lowest BCUT2D eigenvalue weighted by molar-refractivity contribution is 0.0223. The predicted molar refractivity (Wildman–Crippen MR) is 111 cm³/mol. The van der Waals surface area contributed by atoms with Crippen molar-refractivity contribution < 1.29 is 23.8 Å². The van der Waals surface area contributed by atoms with Crippen molar-refractivity contribution in [2.75, 3.05) is 19.7 Å². The highest BCUT2D eigenvalue weighted by atomic mass is 16.6. The third kappa shape index (κ3) is 8.21. The summed E-state index contributed by atoms with van der Waals surface area (Å²) < 4.78 is 16.4. The van der Waals surface area contributed by atoms with E-state index >= 15 is 0 Å². The molecule has 0 spiro atoms. The van der Waals surface area contributed by atoms with Gasteiger partial charge in [0.15, 0.2) is 0 Å². The summed E-state index contributed by atoms with van der Waals surface area (Å²) in [6.07, 6.45) is 0.760. The van der Waals surface area contributed by atoms with Crippen LogP contribution in [0.15, 0.2) is 18.2 Å². The van der Waals surface area contributed by atoms with Gasteiger partial charge in [0.25, 0.3) is 0 Å². The number of amides is 2. The molecule has 0 saturated heterocycles. The topological polar surface area (TPSA) is 77.1 Å². The Bertz CT molecular complexity index is 719. The van der Waals surface area contributed by atoms with E-state index < -0.39 is 17.3 Å². The van der Waals surface area contributed by atoms with E-state index in [1.165, 1.54) is 5.56 Å². The molecule has 2 rings (SSSR count). The number of rotatable bonds is 5. The van der Waals surface area contributed by atoms with E-state index in [4.69, 9.17) is 14.2 Å². The third-order valence-corrected chi connectivity index (χ3v) is 4.10. The van der Waals surface area contributed by atoms with Gasteiger partial charge in [-0.05, 0) is 77.6 Å². The van der Waals surface area contributed by atoms with E-state index in [0.29, 0.717) is 32.7 Å². The van der Waals surface area contributed by atoms with Gasteiger partial charge >= 0.3 is 12.2 Å². The van der Waals surface area contributed by atoms with Gasteiger partial charge in [0.1, 0.15) is 17.0 Å². The first-order chi connectivity index (χ1) is 13.4. The number of fused-ring (bicyclic) bond motifs is 1. The second kappa shape index (κ2) is 9.37. The number of alkyl carbamates (subject to hydrolysis) is 1. The molecule has 0 atom stereocenters. The van der Waals surface area contributed by atoms with Crippen LogP contribution in [0, 0.1) is 0 Å². The summed E-state index contributed by atoms with van der Waals surface area (Å²) in [6.45, 7) is 13.3. The molecule has 0 radical (unpaired) electrons. The lowest BCUT2D eigenvalue weighted by atomic mass is 10.00. The quantitative estimate of drug-likeness (QED) is 0.739. The summed E-state index contributed by atoms with van der Waals surface area (Å²) in [5, 5.41) is 2.72. The first-order valence-corrected chi connectivity index (χ1v) is 10.1. The molecule has 1 aromatic rings. The third-order valence-electron chi connectivity index (χ3n) is 4.10. The van der Waals surface area contributed by atoms with E-state index in [1.807, 2.05) is 59.7 Å². The summed E-state index contributed by atoms with van der Waals surface area (Å²) >= 11 is 0.